The highest BCUT2D eigenvalue weighted by molar-refractivity contribution is 5.61. The molecule has 7 nitrogen and oxygen atoms in total. The molecule has 2 aliphatic heterocycles. The van der Waals surface area contributed by atoms with Crippen molar-refractivity contribution < 1.29 is 24.1 Å². The number of hydrogen-bond donors (Lipinski definition) is 2. The summed E-state index contributed by atoms with van der Waals surface area (Å²) in [5.74, 6) is 2.38. The molecule has 1 fully saturated rings. The second kappa shape index (κ2) is 13.3. The minimum atomic E-state index is -0.537. The molecule has 0 radical (unpaired) electrons. The SMILES string of the molecule is CCc1ccc(Oc2ccc([C@H]3[C@H](O)CNC[C@@H]3OCc3ccc4c(c3)N(CCCOC)CCO4)cc2)cc1. The van der Waals surface area contributed by atoms with Crippen molar-refractivity contribution in [3.63, 3.8) is 0 Å². The average molecular weight is 533 g/mol. The van der Waals surface area contributed by atoms with Gasteiger partial charge in [-0.25, -0.2) is 0 Å². The Bertz CT molecular complexity index is 1180. The van der Waals surface area contributed by atoms with Crippen LogP contribution in [0, 0.1) is 0 Å². The van der Waals surface area contributed by atoms with Crippen LogP contribution in [0.1, 0.15) is 36.0 Å². The maximum Gasteiger partial charge on any atom is 0.142 e. The van der Waals surface area contributed by atoms with Crippen molar-refractivity contribution in [1.82, 2.24) is 5.32 Å². The number of aryl methyl sites for hydroxylation is 1. The third-order valence-corrected chi connectivity index (χ3v) is 7.57. The van der Waals surface area contributed by atoms with Gasteiger partial charge in [0.2, 0.25) is 0 Å². The van der Waals surface area contributed by atoms with Crippen molar-refractivity contribution in [2.24, 2.45) is 0 Å². The predicted molar refractivity (Wildman–Crippen MR) is 153 cm³/mol. The summed E-state index contributed by atoms with van der Waals surface area (Å²) in [7, 11) is 1.74. The van der Waals surface area contributed by atoms with Gasteiger partial charge >= 0.3 is 0 Å². The molecule has 3 aromatic rings. The van der Waals surface area contributed by atoms with E-state index in [2.05, 4.69) is 41.4 Å². The second-order valence-corrected chi connectivity index (χ2v) is 10.3. The number of aliphatic hydroxyl groups is 1. The van der Waals surface area contributed by atoms with Crippen LogP contribution in [0.4, 0.5) is 5.69 Å². The summed E-state index contributed by atoms with van der Waals surface area (Å²) >= 11 is 0. The molecule has 3 aromatic carbocycles. The highest BCUT2D eigenvalue weighted by atomic mass is 16.5. The molecule has 2 aliphatic rings. The molecule has 7 heteroatoms. The molecule has 1 saturated heterocycles. The summed E-state index contributed by atoms with van der Waals surface area (Å²) in [6, 6.07) is 22.5. The lowest BCUT2D eigenvalue weighted by Crippen LogP contribution is -2.49. The highest BCUT2D eigenvalue weighted by Gasteiger charge is 2.34. The molecule has 0 saturated carbocycles. The number of aliphatic hydroxyl groups excluding tert-OH is 1. The fourth-order valence-electron chi connectivity index (χ4n) is 5.41. The lowest BCUT2D eigenvalue weighted by Gasteiger charge is -2.36. The van der Waals surface area contributed by atoms with Crippen LogP contribution in [0.5, 0.6) is 17.2 Å². The first-order valence-electron chi connectivity index (χ1n) is 14.0. The Morgan fingerprint density at radius 2 is 1.72 bits per heavy atom. The van der Waals surface area contributed by atoms with Crippen molar-refractivity contribution >= 4 is 5.69 Å². The number of nitrogens with zero attached hydrogens (tertiary/aromatic N) is 1. The first kappa shape index (κ1) is 27.5. The van der Waals surface area contributed by atoms with Gasteiger partial charge in [0, 0.05) is 39.3 Å². The van der Waals surface area contributed by atoms with Crippen LogP contribution in [0.15, 0.2) is 66.7 Å². The maximum atomic E-state index is 10.9. The van der Waals surface area contributed by atoms with Crippen molar-refractivity contribution in [2.75, 3.05) is 51.4 Å². The molecular weight excluding hydrogens is 492 g/mol. The van der Waals surface area contributed by atoms with E-state index in [0.717, 1.165) is 66.6 Å². The van der Waals surface area contributed by atoms with Crippen LogP contribution in [-0.2, 0) is 22.5 Å². The molecule has 39 heavy (non-hydrogen) atoms. The van der Waals surface area contributed by atoms with Gasteiger partial charge in [0.25, 0.3) is 0 Å². The van der Waals surface area contributed by atoms with Gasteiger partial charge < -0.3 is 34.3 Å². The fourth-order valence-corrected chi connectivity index (χ4v) is 5.41. The number of hydrogen-bond acceptors (Lipinski definition) is 7. The molecule has 0 bridgehead atoms. The summed E-state index contributed by atoms with van der Waals surface area (Å²) in [4.78, 5) is 2.36. The highest BCUT2D eigenvalue weighted by Crippen LogP contribution is 2.34. The molecule has 3 atom stereocenters. The third kappa shape index (κ3) is 6.92. The summed E-state index contributed by atoms with van der Waals surface area (Å²) < 4.78 is 23.6. The summed E-state index contributed by atoms with van der Waals surface area (Å²) in [6.07, 6.45) is 1.28. The molecule has 0 unspecified atom stereocenters. The van der Waals surface area contributed by atoms with Gasteiger partial charge in [0.15, 0.2) is 0 Å². The fraction of sp³-hybridized carbons (Fsp3) is 0.438. The van der Waals surface area contributed by atoms with Crippen LogP contribution >= 0.6 is 0 Å². The zero-order valence-corrected chi connectivity index (χ0v) is 23.0. The van der Waals surface area contributed by atoms with Crippen molar-refractivity contribution in [1.29, 1.82) is 0 Å². The summed E-state index contributed by atoms with van der Waals surface area (Å²) in [5, 5.41) is 14.3. The number of β-amino-alcohol motifs (C(OH)–C–C–N with tert-alkyl or cyclic N) is 1. The zero-order chi connectivity index (χ0) is 27.0. The Balaban J connectivity index is 1.24. The normalized spacial score (nSPS) is 20.8. The number of fused-ring (bicyclic) bond motifs is 1. The van der Waals surface area contributed by atoms with Crippen LogP contribution in [0.3, 0.4) is 0 Å². The molecule has 0 amide bonds. The third-order valence-electron chi connectivity index (χ3n) is 7.57. The van der Waals surface area contributed by atoms with Gasteiger partial charge in [-0.3, -0.25) is 0 Å². The lowest BCUT2D eigenvalue weighted by atomic mass is 9.85. The van der Waals surface area contributed by atoms with Gasteiger partial charge in [-0.1, -0.05) is 37.3 Å². The number of methoxy groups -OCH3 is 1. The number of rotatable bonds is 11. The van der Waals surface area contributed by atoms with E-state index in [1.165, 1.54) is 5.56 Å². The van der Waals surface area contributed by atoms with Crippen molar-refractivity contribution in [2.45, 2.75) is 44.5 Å². The number of anilines is 1. The van der Waals surface area contributed by atoms with E-state index in [1.807, 2.05) is 42.5 Å². The van der Waals surface area contributed by atoms with Crippen LogP contribution < -0.4 is 19.7 Å². The Labute approximate surface area is 231 Å². The zero-order valence-electron chi connectivity index (χ0n) is 23.0. The predicted octanol–water partition coefficient (Wildman–Crippen LogP) is 4.91. The Kier molecular flexibility index (Phi) is 9.37. The van der Waals surface area contributed by atoms with E-state index in [4.69, 9.17) is 18.9 Å². The largest absolute Gasteiger partial charge is 0.490 e. The van der Waals surface area contributed by atoms with Gasteiger partial charge in [-0.15, -0.1) is 0 Å². The molecular formula is C32H40N2O5. The van der Waals surface area contributed by atoms with Gasteiger partial charge in [0.1, 0.15) is 23.9 Å². The van der Waals surface area contributed by atoms with Gasteiger partial charge in [-0.2, -0.15) is 0 Å². The van der Waals surface area contributed by atoms with Crippen molar-refractivity contribution in [3.05, 3.63) is 83.4 Å². The maximum absolute atomic E-state index is 10.9. The Morgan fingerprint density at radius 3 is 2.46 bits per heavy atom. The molecule has 0 aliphatic carbocycles. The van der Waals surface area contributed by atoms with Gasteiger partial charge in [-0.05, 0) is 65.9 Å². The number of benzene rings is 3. The topological polar surface area (TPSA) is 72.4 Å². The monoisotopic (exact) mass is 532 g/mol. The molecule has 0 aromatic heterocycles. The van der Waals surface area contributed by atoms with Crippen LogP contribution in [-0.4, -0.2) is 63.8 Å². The van der Waals surface area contributed by atoms with Crippen LogP contribution in [0.25, 0.3) is 0 Å². The molecule has 208 valence electrons. The average Bonchev–Trinajstić information content (AvgIpc) is 2.97. The molecule has 2 N–H and O–H groups in total. The van der Waals surface area contributed by atoms with Gasteiger partial charge in [0.05, 0.1) is 31.0 Å². The van der Waals surface area contributed by atoms with E-state index >= 15 is 0 Å². The smallest absolute Gasteiger partial charge is 0.142 e. The Morgan fingerprint density at radius 1 is 0.974 bits per heavy atom. The summed E-state index contributed by atoms with van der Waals surface area (Å²) in [6.45, 7) is 7.06. The molecule has 2 heterocycles. The first-order valence-corrected chi connectivity index (χ1v) is 14.0. The number of nitrogens with one attached hydrogen (secondary N) is 1. The van der Waals surface area contributed by atoms with E-state index in [0.29, 0.717) is 26.3 Å². The number of ether oxygens (including phenoxy) is 4. The quantitative estimate of drug-likeness (QED) is 0.340. The number of piperidine rings is 1. The minimum absolute atomic E-state index is 0.129. The Hall–Kier alpha value is -3.10. The standard InChI is InChI=1S/C32H40N2O5/c1-3-23-5-10-26(11-6-23)39-27-12-8-25(9-13-27)32-29(35)20-33-21-31(32)38-22-24-7-14-30-28(19-24)34(16-18-37-30)15-4-17-36-2/h5-14,19,29,31-33,35H,3-4,15-18,20-22H2,1-2H3/t29-,31+,32+/m1/s1. The van der Waals surface area contributed by atoms with E-state index in [-0.39, 0.29) is 12.0 Å². The second-order valence-electron chi connectivity index (χ2n) is 10.3. The minimum Gasteiger partial charge on any atom is -0.490 e. The molecule has 0 spiro atoms. The van der Waals surface area contributed by atoms with Crippen LogP contribution in [0.2, 0.25) is 0 Å². The van der Waals surface area contributed by atoms with E-state index in [9.17, 15) is 5.11 Å². The van der Waals surface area contributed by atoms with Crippen molar-refractivity contribution in [3.8, 4) is 17.2 Å². The molecule has 5 rings (SSSR count). The summed E-state index contributed by atoms with van der Waals surface area (Å²) in [5.41, 5.74) is 4.53. The first-order chi connectivity index (χ1) is 19.1. The lowest BCUT2D eigenvalue weighted by molar-refractivity contribution is -0.0328. The van der Waals surface area contributed by atoms with E-state index in [1.54, 1.807) is 7.11 Å². The van der Waals surface area contributed by atoms with E-state index < -0.39 is 6.10 Å².